The van der Waals surface area contributed by atoms with Crippen LogP contribution >= 0.6 is 0 Å². The maximum Gasteiger partial charge on any atom is 0.335 e. The molecule has 1 aliphatic rings. The number of para-hydroxylation sites is 1. The fourth-order valence-corrected chi connectivity index (χ4v) is 4.87. The zero-order valence-electron chi connectivity index (χ0n) is 19.7. The predicted octanol–water partition coefficient (Wildman–Crippen LogP) is 3.92. The summed E-state index contributed by atoms with van der Waals surface area (Å²) in [4.78, 5) is 40.2. The quantitative estimate of drug-likeness (QED) is 0.490. The SMILES string of the molecule is CCCCN(CC)C(=O)C1Cc2c(n(Cc3ccc(C(=O)O)cc3)c3ccccc23)CN1C=O. The van der Waals surface area contributed by atoms with E-state index in [0.717, 1.165) is 47.0 Å². The molecule has 178 valence electrons. The first kappa shape index (κ1) is 23.5. The second-order valence-corrected chi connectivity index (χ2v) is 8.80. The smallest absolute Gasteiger partial charge is 0.335 e. The van der Waals surface area contributed by atoms with Crippen molar-refractivity contribution in [2.45, 2.75) is 52.2 Å². The summed E-state index contributed by atoms with van der Waals surface area (Å²) in [7, 11) is 0. The molecule has 1 atom stereocenters. The Kier molecular flexibility index (Phi) is 7.01. The molecule has 2 amide bonds. The largest absolute Gasteiger partial charge is 0.478 e. The van der Waals surface area contributed by atoms with Crippen LogP contribution in [0.4, 0.5) is 0 Å². The van der Waals surface area contributed by atoms with Gasteiger partial charge in [0.1, 0.15) is 6.04 Å². The van der Waals surface area contributed by atoms with Crippen molar-refractivity contribution in [2.24, 2.45) is 0 Å². The highest BCUT2D eigenvalue weighted by molar-refractivity contribution is 5.90. The Morgan fingerprint density at radius 2 is 1.85 bits per heavy atom. The Morgan fingerprint density at radius 1 is 1.12 bits per heavy atom. The number of carbonyl (C=O) groups is 3. The molecule has 1 aromatic heterocycles. The van der Waals surface area contributed by atoms with Crippen molar-refractivity contribution in [3.63, 3.8) is 0 Å². The van der Waals surface area contributed by atoms with Crippen molar-refractivity contribution in [2.75, 3.05) is 13.1 Å². The Bertz CT molecular complexity index is 1200. The molecule has 7 nitrogen and oxygen atoms in total. The summed E-state index contributed by atoms with van der Waals surface area (Å²) in [5.41, 5.74) is 4.41. The van der Waals surface area contributed by atoms with Gasteiger partial charge in [-0.05, 0) is 42.7 Å². The van der Waals surface area contributed by atoms with E-state index in [9.17, 15) is 19.5 Å². The molecule has 1 unspecified atom stereocenters. The number of carbonyl (C=O) groups excluding carboxylic acids is 2. The standard InChI is InChI=1S/C27H31N3O4/c1-3-5-14-28(4-2)26(32)24-15-22-21-8-6-7-9-23(21)30(25(22)17-29(24)18-31)16-19-10-12-20(13-11-19)27(33)34/h6-13,18,24H,3-5,14-17H2,1-2H3,(H,33,34). The van der Waals surface area contributed by atoms with E-state index in [4.69, 9.17) is 0 Å². The Hall–Kier alpha value is -3.61. The third kappa shape index (κ3) is 4.42. The molecule has 7 heteroatoms. The average Bonchev–Trinajstić information content (AvgIpc) is 3.16. The van der Waals surface area contributed by atoms with Gasteiger partial charge in [0, 0.05) is 42.7 Å². The van der Waals surface area contributed by atoms with Crippen LogP contribution in [0.1, 0.15) is 53.9 Å². The third-order valence-corrected chi connectivity index (χ3v) is 6.76. The first-order chi connectivity index (χ1) is 16.5. The van der Waals surface area contributed by atoms with Crippen LogP contribution in [0.3, 0.4) is 0 Å². The van der Waals surface area contributed by atoms with Crippen LogP contribution in [0.15, 0.2) is 48.5 Å². The van der Waals surface area contributed by atoms with Gasteiger partial charge in [-0.25, -0.2) is 4.79 Å². The molecule has 2 aromatic carbocycles. The molecule has 0 radical (unpaired) electrons. The lowest BCUT2D eigenvalue weighted by molar-refractivity contribution is -0.141. The van der Waals surface area contributed by atoms with E-state index in [-0.39, 0.29) is 11.5 Å². The van der Waals surface area contributed by atoms with E-state index in [1.165, 1.54) is 0 Å². The van der Waals surface area contributed by atoms with E-state index in [1.54, 1.807) is 17.0 Å². The summed E-state index contributed by atoms with van der Waals surface area (Å²) in [5, 5.41) is 10.3. The van der Waals surface area contributed by atoms with Crippen molar-refractivity contribution >= 4 is 29.2 Å². The summed E-state index contributed by atoms with van der Waals surface area (Å²) in [6.45, 7) is 6.33. The van der Waals surface area contributed by atoms with Gasteiger partial charge < -0.3 is 19.5 Å². The number of amides is 2. The lowest BCUT2D eigenvalue weighted by atomic mass is 9.96. The number of fused-ring (bicyclic) bond motifs is 3. The van der Waals surface area contributed by atoms with Crippen molar-refractivity contribution < 1.29 is 19.5 Å². The molecule has 0 spiro atoms. The van der Waals surface area contributed by atoms with Gasteiger partial charge in [0.2, 0.25) is 12.3 Å². The number of benzene rings is 2. The molecule has 0 fully saturated rings. The van der Waals surface area contributed by atoms with Crippen LogP contribution in [-0.4, -0.2) is 56.9 Å². The monoisotopic (exact) mass is 461 g/mol. The van der Waals surface area contributed by atoms with Gasteiger partial charge in [-0.1, -0.05) is 43.7 Å². The Labute approximate surface area is 199 Å². The molecule has 3 aromatic rings. The topological polar surface area (TPSA) is 82.8 Å². The van der Waals surface area contributed by atoms with Crippen LogP contribution in [-0.2, 0) is 29.1 Å². The van der Waals surface area contributed by atoms with Gasteiger partial charge in [0.15, 0.2) is 0 Å². The number of likely N-dealkylation sites (N-methyl/N-ethyl adjacent to an activating group) is 1. The van der Waals surface area contributed by atoms with Crippen LogP contribution < -0.4 is 0 Å². The average molecular weight is 462 g/mol. The molecule has 0 aliphatic carbocycles. The summed E-state index contributed by atoms with van der Waals surface area (Å²) in [6, 6.07) is 14.5. The lowest BCUT2D eigenvalue weighted by Gasteiger charge is -2.36. The molecule has 1 aliphatic heterocycles. The van der Waals surface area contributed by atoms with Gasteiger partial charge in [-0.3, -0.25) is 9.59 Å². The number of unbranched alkanes of at least 4 members (excludes halogenated alkanes) is 1. The number of aromatic carboxylic acids is 1. The fraction of sp³-hybridized carbons (Fsp3) is 0.370. The first-order valence-corrected chi connectivity index (χ1v) is 11.9. The van der Waals surface area contributed by atoms with Crippen LogP contribution in [0, 0.1) is 0 Å². The molecule has 2 heterocycles. The number of hydrogen-bond acceptors (Lipinski definition) is 3. The molecule has 0 saturated carbocycles. The van der Waals surface area contributed by atoms with Gasteiger partial charge in [-0.2, -0.15) is 0 Å². The molecule has 0 bridgehead atoms. The fourth-order valence-electron chi connectivity index (χ4n) is 4.87. The zero-order chi connectivity index (χ0) is 24.2. The molecule has 0 saturated heterocycles. The summed E-state index contributed by atoms with van der Waals surface area (Å²) in [5.74, 6) is -0.942. The summed E-state index contributed by atoms with van der Waals surface area (Å²) >= 11 is 0. The van der Waals surface area contributed by atoms with Gasteiger partial charge in [0.05, 0.1) is 12.1 Å². The second-order valence-electron chi connectivity index (χ2n) is 8.80. The van der Waals surface area contributed by atoms with Crippen molar-refractivity contribution in [1.82, 2.24) is 14.4 Å². The highest BCUT2D eigenvalue weighted by atomic mass is 16.4. The number of aromatic nitrogens is 1. The minimum atomic E-state index is -0.951. The normalized spacial score (nSPS) is 15.2. The lowest BCUT2D eigenvalue weighted by Crippen LogP contribution is -2.51. The number of nitrogens with zero attached hydrogens (tertiary/aromatic N) is 3. The predicted molar refractivity (Wildman–Crippen MR) is 131 cm³/mol. The van der Waals surface area contributed by atoms with E-state index in [2.05, 4.69) is 23.6 Å². The Morgan fingerprint density at radius 3 is 2.50 bits per heavy atom. The number of hydrogen-bond donors (Lipinski definition) is 1. The number of carboxylic acids is 1. The van der Waals surface area contributed by atoms with Gasteiger partial charge >= 0.3 is 5.97 Å². The van der Waals surface area contributed by atoms with Crippen LogP contribution in [0.2, 0.25) is 0 Å². The summed E-state index contributed by atoms with van der Waals surface area (Å²) in [6.07, 6.45) is 3.24. The minimum absolute atomic E-state index is 0.00907. The van der Waals surface area contributed by atoms with Crippen LogP contribution in [0.25, 0.3) is 10.9 Å². The maximum atomic E-state index is 13.4. The Balaban J connectivity index is 1.71. The number of rotatable bonds is 9. The highest BCUT2D eigenvalue weighted by Gasteiger charge is 2.36. The maximum absolute atomic E-state index is 13.4. The second kappa shape index (κ2) is 10.1. The molecular formula is C27H31N3O4. The minimum Gasteiger partial charge on any atom is -0.478 e. The molecule has 4 rings (SSSR count). The molecular weight excluding hydrogens is 430 g/mol. The van der Waals surface area contributed by atoms with E-state index in [1.807, 2.05) is 36.1 Å². The van der Waals surface area contributed by atoms with E-state index < -0.39 is 12.0 Å². The summed E-state index contributed by atoms with van der Waals surface area (Å²) < 4.78 is 2.19. The molecule has 34 heavy (non-hydrogen) atoms. The van der Waals surface area contributed by atoms with E-state index in [0.29, 0.717) is 32.6 Å². The van der Waals surface area contributed by atoms with Gasteiger partial charge in [-0.15, -0.1) is 0 Å². The number of carboxylic acid groups (broad SMARTS) is 1. The van der Waals surface area contributed by atoms with Gasteiger partial charge in [0.25, 0.3) is 0 Å². The van der Waals surface area contributed by atoms with Crippen LogP contribution in [0.5, 0.6) is 0 Å². The van der Waals surface area contributed by atoms with Crippen molar-refractivity contribution in [3.8, 4) is 0 Å². The third-order valence-electron chi connectivity index (χ3n) is 6.76. The van der Waals surface area contributed by atoms with E-state index >= 15 is 0 Å². The van der Waals surface area contributed by atoms with Crippen molar-refractivity contribution in [1.29, 1.82) is 0 Å². The zero-order valence-corrected chi connectivity index (χ0v) is 19.7. The van der Waals surface area contributed by atoms with Crippen molar-refractivity contribution in [3.05, 3.63) is 70.9 Å². The highest BCUT2D eigenvalue weighted by Crippen LogP contribution is 2.34. The molecule has 1 N–H and O–H groups in total. The first-order valence-electron chi connectivity index (χ1n) is 11.9.